The highest BCUT2D eigenvalue weighted by Crippen LogP contribution is 2.32. The summed E-state index contributed by atoms with van der Waals surface area (Å²) in [6.07, 6.45) is -3.50. The summed E-state index contributed by atoms with van der Waals surface area (Å²) in [5.74, 6) is -0.481. The van der Waals surface area contributed by atoms with Crippen LogP contribution in [0.15, 0.2) is 65.3 Å². The number of amides is 1. The van der Waals surface area contributed by atoms with Gasteiger partial charge in [0.1, 0.15) is 16.4 Å². The molecule has 1 aliphatic heterocycles. The van der Waals surface area contributed by atoms with Crippen LogP contribution in [0.1, 0.15) is 17.5 Å². The number of carbonyl (C=O) groups is 1. The molecule has 8 heteroatoms. The molecule has 2 aromatic rings. The summed E-state index contributed by atoms with van der Waals surface area (Å²) in [5, 5.41) is 13.1. The Bertz CT molecular complexity index is 868. The van der Waals surface area contributed by atoms with E-state index < -0.39 is 12.4 Å². The van der Waals surface area contributed by atoms with E-state index in [9.17, 15) is 23.1 Å². The molecule has 0 radical (unpaired) electrons. The van der Waals surface area contributed by atoms with Crippen LogP contribution in [-0.2, 0) is 17.0 Å². The SMILES string of the molecule is O=C1NC(CCc2ccccc2)C(O)=C1SCc1cccc(OC(F)(F)F)c1. The van der Waals surface area contributed by atoms with Gasteiger partial charge >= 0.3 is 6.36 Å². The molecule has 0 spiro atoms. The van der Waals surface area contributed by atoms with Gasteiger partial charge in [0.25, 0.3) is 5.91 Å². The Labute approximate surface area is 164 Å². The summed E-state index contributed by atoms with van der Waals surface area (Å²) < 4.78 is 40.9. The van der Waals surface area contributed by atoms with Gasteiger partial charge in [0.2, 0.25) is 0 Å². The Kier molecular flexibility index (Phi) is 6.18. The maximum Gasteiger partial charge on any atom is 0.573 e. The number of hydrogen-bond donors (Lipinski definition) is 2. The third-order valence-corrected chi connectivity index (χ3v) is 5.31. The molecule has 2 N–H and O–H groups in total. The van der Waals surface area contributed by atoms with Crippen molar-refractivity contribution < 1.29 is 27.8 Å². The maximum atomic E-state index is 12.3. The molecule has 1 amide bonds. The van der Waals surface area contributed by atoms with E-state index >= 15 is 0 Å². The topological polar surface area (TPSA) is 58.6 Å². The standard InChI is InChI=1S/C20H18F3NO3S/c21-20(22,23)27-15-8-4-7-14(11-15)12-28-18-17(25)16(24-19(18)26)10-9-13-5-2-1-3-6-13/h1-8,11,16,25H,9-10,12H2,(H,24,26). The molecule has 1 aliphatic rings. The molecule has 4 nitrogen and oxygen atoms in total. The van der Waals surface area contributed by atoms with Crippen LogP contribution in [0.5, 0.6) is 5.75 Å². The van der Waals surface area contributed by atoms with Gasteiger partial charge in [-0.15, -0.1) is 24.9 Å². The van der Waals surface area contributed by atoms with Gasteiger partial charge in [0.05, 0.1) is 6.04 Å². The van der Waals surface area contributed by atoms with Gasteiger partial charge in [-0.2, -0.15) is 0 Å². The van der Waals surface area contributed by atoms with Crippen molar-refractivity contribution in [2.24, 2.45) is 0 Å². The summed E-state index contributed by atoms with van der Waals surface area (Å²) in [5.41, 5.74) is 1.65. The van der Waals surface area contributed by atoms with Crippen LogP contribution in [0.25, 0.3) is 0 Å². The van der Waals surface area contributed by atoms with Crippen LogP contribution in [0, 0.1) is 0 Å². The van der Waals surface area contributed by atoms with Crippen LogP contribution >= 0.6 is 11.8 Å². The minimum atomic E-state index is -4.76. The zero-order chi connectivity index (χ0) is 20.1. The summed E-state index contributed by atoms with van der Waals surface area (Å²) >= 11 is 1.09. The van der Waals surface area contributed by atoms with E-state index in [1.807, 2.05) is 30.3 Å². The van der Waals surface area contributed by atoms with E-state index in [4.69, 9.17) is 0 Å². The van der Waals surface area contributed by atoms with E-state index in [2.05, 4.69) is 10.1 Å². The normalized spacial score (nSPS) is 17.0. The Morgan fingerprint density at radius 2 is 1.79 bits per heavy atom. The predicted octanol–water partition coefficient (Wildman–Crippen LogP) is 4.72. The van der Waals surface area contributed by atoms with Crippen molar-refractivity contribution in [3.05, 3.63) is 76.4 Å². The molecule has 0 fully saturated rings. The minimum Gasteiger partial charge on any atom is -0.509 e. The van der Waals surface area contributed by atoms with E-state index in [1.54, 1.807) is 6.07 Å². The molecular formula is C20H18F3NO3S. The molecule has 1 unspecified atom stereocenters. The average molecular weight is 409 g/mol. The van der Waals surface area contributed by atoms with Crippen LogP contribution in [0.4, 0.5) is 13.2 Å². The number of rotatable bonds is 7. The van der Waals surface area contributed by atoms with Crippen molar-refractivity contribution in [1.82, 2.24) is 5.32 Å². The number of thioether (sulfide) groups is 1. The van der Waals surface area contributed by atoms with Gasteiger partial charge in [0, 0.05) is 5.75 Å². The lowest BCUT2D eigenvalue weighted by atomic mass is 10.1. The third kappa shape index (κ3) is 5.45. The smallest absolute Gasteiger partial charge is 0.509 e. The van der Waals surface area contributed by atoms with E-state index in [1.165, 1.54) is 18.2 Å². The Morgan fingerprint density at radius 3 is 2.50 bits per heavy atom. The number of nitrogens with one attached hydrogen (secondary N) is 1. The number of aliphatic hydroxyl groups is 1. The lowest BCUT2D eigenvalue weighted by Crippen LogP contribution is -2.29. The van der Waals surface area contributed by atoms with Crippen molar-refractivity contribution in [3.8, 4) is 5.75 Å². The quantitative estimate of drug-likeness (QED) is 0.695. The fraction of sp³-hybridized carbons (Fsp3) is 0.250. The number of ether oxygens (including phenoxy) is 1. The number of alkyl halides is 3. The molecule has 1 atom stereocenters. The largest absolute Gasteiger partial charge is 0.573 e. The Morgan fingerprint density at radius 1 is 1.07 bits per heavy atom. The zero-order valence-corrected chi connectivity index (χ0v) is 15.5. The monoisotopic (exact) mass is 409 g/mol. The highest BCUT2D eigenvalue weighted by Gasteiger charge is 2.32. The molecule has 0 aliphatic carbocycles. The van der Waals surface area contributed by atoms with E-state index in [-0.39, 0.29) is 28.1 Å². The highest BCUT2D eigenvalue weighted by molar-refractivity contribution is 8.03. The number of aryl methyl sites for hydroxylation is 1. The average Bonchev–Trinajstić information content (AvgIpc) is 2.91. The first-order valence-corrected chi connectivity index (χ1v) is 9.56. The summed E-state index contributed by atoms with van der Waals surface area (Å²) in [6, 6.07) is 14.8. The first-order chi connectivity index (χ1) is 13.3. The fourth-order valence-corrected chi connectivity index (χ4v) is 3.83. The minimum absolute atomic E-state index is 0.0198. The molecule has 0 saturated carbocycles. The van der Waals surface area contributed by atoms with Crippen LogP contribution in [0.3, 0.4) is 0 Å². The molecule has 148 valence electrons. The fourth-order valence-electron chi connectivity index (χ4n) is 2.86. The number of halogens is 3. The maximum absolute atomic E-state index is 12.3. The third-order valence-electron chi connectivity index (χ3n) is 4.15. The van der Waals surface area contributed by atoms with Crippen molar-refractivity contribution in [2.75, 3.05) is 0 Å². The lowest BCUT2D eigenvalue weighted by molar-refractivity contribution is -0.274. The first-order valence-electron chi connectivity index (χ1n) is 8.57. The molecule has 3 rings (SSSR count). The van der Waals surface area contributed by atoms with Gasteiger partial charge in [-0.05, 0) is 36.1 Å². The van der Waals surface area contributed by atoms with E-state index in [0.717, 1.165) is 17.3 Å². The second-order valence-electron chi connectivity index (χ2n) is 6.25. The number of benzene rings is 2. The first kappa shape index (κ1) is 20.1. The Hall–Kier alpha value is -2.61. The lowest BCUT2D eigenvalue weighted by Gasteiger charge is -2.10. The van der Waals surface area contributed by atoms with Gasteiger partial charge in [-0.3, -0.25) is 4.79 Å². The second-order valence-corrected chi connectivity index (χ2v) is 7.23. The molecule has 28 heavy (non-hydrogen) atoms. The predicted molar refractivity (Wildman–Crippen MR) is 101 cm³/mol. The van der Waals surface area contributed by atoms with Crippen molar-refractivity contribution in [1.29, 1.82) is 0 Å². The van der Waals surface area contributed by atoms with Crippen molar-refractivity contribution in [3.63, 3.8) is 0 Å². The zero-order valence-electron chi connectivity index (χ0n) is 14.7. The molecule has 1 heterocycles. The van der Waals surface area contributed by atoms with Crippen LogP contribution < -0.4 is 10.1 Å². The van der Waals surface area contributed by atoms with E-state index in [0.29, 0.717) is 18.4 Å². The number of carbonyl (C=O) groups excluding carboxylic acids is 1. The van der Waals surface area contributed by atoms with Crippen molar-refractivity contribution in [2.45, 2.75) is 31.0 Å². The van der Waals surface area contributed by atoms with Crippen molar-refractivity contribution >= 4 is 17.7 Å². The summed E-state index contributed by atoms with van der Waals surface area (Å²) in [4.78, 5) is 12.4. The molecule has 2 aromatic carbocycles. The van der Waals surface area contributed by atoms with Gasteiger partial charge in [0.15, 0.2) is 0 Å². The number of aliphatic hydroxyl groups excluding tert-OH is 1. The second kappa shape index (κ2) is 8.60. The summed E-state index contributed by atoms with van der Waals surface area (Å²) in [7, 11) is 0. The Balaban J connectivity index is 1.61. The van der Waals surface area contributed by atoms with Gasteiger partial charge < -0.3 is 15.2 Å². The summed E-state index contributed by atoms with van der Waals surface area (Å²) in [6.45, 7) is 0. The van der Waals surface area contributed by atoms with Gasteiger partial charge in [-0.1, -0.05) is 42.5 Å². The molecule has 0 saturated heterocycles. The molecular weight excluding hydrogens is 391 g/mol. The van der Waals surface area contributed by atoms with Crippen LogP contribution in [0.2, 0.25) is 0 Å². The van der Waals surface area contributed by atoms with Crippen LogP contribution in [-0.4, -0.2) is 23.4 Å². The van der Waals surface area contributed by atoms with Gasteiger partial charge in [-0.25, -0.2) is 0 Å². The molecule has 0 aromatic heterocycles. The number of hydrogen-bond acceptors (Lipinski definition) is 4. The highest BCUT2D eigenvalue weighted by atomic mass is 32.2. The molecule has 0 bridgehead atoms.